The van der Waals surface area contributed by atoms with E-state index in [1.165, 1.54) is 212 Å². The zero-order valence-electron chi connectivity index (χ0n) is 41.7. The molecule has 0 bridgehead atoms. The molecule has 366 valence electrons. The Morgan fingerprint density at radius 1 is 0.492 bits per heavy atom. The molecule has 0 fully saturated rings. The standard InChI is InChI=1S/C52H107N2O6P/c1-6-8-10-12-14-16-18-20-22-24-26-27-28-30-32-34-36-38-40-42-44-46-52(56)53-50(49-60-61(57,58)59-48-47-54(3,4)5)51(55)45-43-41-39-37-35-33-31-29-25-23-21-19-17-15-13-11-9-7-2/h50-51,55H,6-49H2,1-5H3,(H-,53,56,57,58)/p+1. The second kappa shape index (κ2) is 44.7. The highest BCUT2D eigenvalue weighted by Crippen LogP contribution is 2.43. The lowest BCUT2D eigenvalue weighted by Gasteiger charge is -2.26. The van der Waals surface area contributed by atoms with Gasteiger partial charge < -0.3 is 19.8 Å². The van der Waals surface area contributed by atoms with Crippen LogP contribution in [0, 0.1) is 0 Å². The highest BCUT2D eigenvalue weighted by atomic mass is 31.2. The summed E-state index contributed by atoms with van der Waals surface area (Å²) in [5, 5.41) is 14.0. The van der Waals surface area contributed by atoms with Crippen molar-refractivity contribution in [3.63, 3.8) is 0 Å². The molecule has 0 saturated carbocycles. The summed E-state index contributed by atoms with van der Waals surface area (Å²) in [6.07, 6.45) is 51.4. The molecule has 0 aromatic carbocycles. The van der Waals surface area contributed by atoms with Crippen LogP contribution in [0.1, 0.15) is 277 Å². The smallest absolute Gasteiger partial charge is 0.391 e. The molecule has 8 nitrogen and oxygen atoms in total. The highest BCUT2D eigenvalue weighted by Gasteiger charge is 2.28. The molecule has 61 heavy (non-hydrogen) atoms. The van der Waals surface area contributed by atoms with Crippen LogP contribution < -0.4 is 5.32 Å². The fraction of sp³-hybridized carbons (Fsp3) is 0.981. The Balaban J connectivity index is 4.18. The van der Waals surface area contributed by atoms with Crippen molar-refractivity contribution in [3.8, 4) is 0 Å². The molecule has 3 unspecified atom stereocenters. The van der Waals surface area contributed by atoms with Crippen molar-refractivity contribution < 1.29 is 32.9 Å². The molecule has 0 spiro atoms. The molecular formula is C52H108N2O6P+. The van der Waals surface area contributed by atoms with Crippen molar-refractivity contribution in [1.82, 2.24) is 5.32 Å². The average Bonchev–Trinajstić information content (AvgIpc) is 3.21. The van der Waals surface area contributed by atoms with Crippen LogP contribution in [0.3, 0.4) is 0 Å². The van der Waals surface area contributed by atoms with Crippen molar-refractivity contribution in [2.45, 2.75) is 289 Å². The lowest BCUT2D eigenvalue weighted by atomic mass is 10.0. The van der Waals surface area contributed by atoms with Gasteiger partial charge in [-0.1, -0.05) is 258 Å². The van der Waals surface area contributed by atoms with Crippen LogP contribution in [0.25, 0.3) is 0 Å². The normalized spacial score (nSPS) is 14.0. The second-order valence-corrected chi connectivity index (χ2v) is 21.4. The molecule has 0 saturated heterocycles. The predicted octanol–water partition coefficient (Wildman–Crippen LogP) is 15.7. The first kappa shape index (κ1) is 60.5. The molecule has 1 amide bonds. The number of rotatable bonds is 50. The fourth-order valence-electron chi connectivity index (χ4n) is 8.34. The van der Waals surface area contributed by atoms with Gasteiger partial charge in [-0.15, -0.1) is 0 Å². The van der Waals surface area contributed by atoms with Gasteiger partial charge in [0.05, 0.1) is 39.9 Å². The summed E-state index contributed by atoms with van der Waals surface area (Å²) in [4.78, 5) is 23.3. The van der Waals surface area contributed by atoms with Crippen molar-refractivity contribution in [2.75, 3.05) is 40.9 Å². The molecule has 0 rings (SSSR count). The molecular weight excluding hydrogens is 780 g/mol. The third-order valence-electron chi connectivity index (χ3n) is 12.6. The first-order valence-corrected chi connectivity index (χ1v) is 28.4. The van der Waals surface area contributed by atoms with Gasteiger partial charge in [0.1, 0.15) is 13.2 Å². The highest BCUT2D eigenvalue weighted by molar-refractivity contribution is 7.47. The molecule has 0 aromatic heterocycles. The van der Waals surface area contributed by atoms with Crippen molar-refractivity contribution in [1.29, 1.82) is 0 Å². The predicted molar refractivity (Wildman–Crippen MR) is 263 cm³/mol. The quantitative estimate of drug-likeness (QED) is 0.0319. The van der Waals surface area contributed by atoms with Crippen LogP contribution in [0.15, 0.2) is 0 Å². The van der Waals surface area contributed by atoms with Crippen LogP contribution in [-0.2, 0) is 18.4 Å². The number of hydrogen-bond acceptors (Lipinski definition) is 5. The second-order valence-electron chi connectivity index (χ2n) is 20.0. The van der Waals surface area contributed by atoms with E-state index in [-0.39, 0.29) is 19.1 Å². The molecule has 0 aliphatic carbocycles. The number of quaternary nitrogens is 1. The third-order valence-corrected chi connectivity index (χ3v) is 13.6. The van der Waals surface area contributed by atoms with Gasteiger partial charge in [0.25, 0.3) is 0 Å². The monoisotopic (exact) mass is 888 g/mol. The summed E-state index contributed by atoms with van der Waals surface area (Å²) < 4.78 is 23.7. The SMILES string of the molecule is CCCCCCCCCCCCCCCCCCCCCCCC(=O)NC(COP(=O)(O)OCC[N+](C)(C)C)C(O)CCCCCCCCCCCCCCCCCCCC. The van der Waals surface area contributed by atoms with Crippen LogP contribution in [0.2, 0.25) is 0 Å². The van der Waals surface area contributed by atoms with Crippen molar-refractivity contribution in [2.24, 2.45) is 0 Å². The van der Waals surface area contributed by atoms with Crippen LogP contribution in [0.5, 0.6) is 0 Å². The number of phosphoric ester groups is 1. The Bertz CT molecular complexity index is 963. The summed E-state index contributed by atoms with van der Waals surface area (Å²) in [5.74, 6) is -0.137. The molecule has 0 aromatic rings. The lowest BCUT2D eigenvalue weighted by Crippen LogP contribution is -2.46. The van der Waals surface area contributed by atoms with Gasteiger partial charge in [0.15, 0.2) is 0 Å². The van der Waals surface area contributed by atoms with E-state index in [1.807, 2.05) is 21.1 Å². The number of carbonyl (C=O) groups excluding carboxylic acids is 1. The number of unbranched alkanes of at least 4 members (excludes halogenated alkanes) is 37. The molecule has 0 heterocycles. The van der Waals surface area contributed by atoms with Gasteiger partial charge in [-0.3, -0.25) is 13.8 Å². The maximum Gasteiger partial charge on any atom is 0.472 e. The van der Waals surface area contributed by atoms with Crippen LogP contribution >= 0.6 is 7.82 Å². The Hall–Kier alpha value is -0.500. The van der Waals surface area contributed by atoms with E-state index in [9.17, 15) is 19.4 Å². The van der Waals surface area contributed by atoms with Gasteiger partial charge in [-0.25, -0.2) is 4.57 Å². The number of phosphoric acid groups is 1. The Kier molecular flexibility index (Phi) is 44.3. The number of likely N-dealkylation sites (N-methyl/N-ethyl adjacent to an activating group) is 1. The Morgan fingerprint density at radius 2 is 0.787 bits per heavy atom. The maximum atomic E-state index is 13.0. The van der Waals surface area contributed by atoms with Gasteiger partial charge >= 0.3 is 7.82 Å². The fourth-order valence-corrected chi connectivity index (χ4v) is 9.08. The average molecular weight is 888 g/mol. The Labute approximate surface area is 380 Å². The minimum absolute atomic E-state index is 0.0790. The topological polar surface area (TPSA) is 105 Å². The van der Waals surface area contributed by atoms with Crippen LogP contribution in [0.4, 0.5) is 0 Å². The molecule has 3 N–H and O–H groups in total. The summed E-state index contributed by atoms with van der Waals surface area (Å²) in [6, 6.07) is -0.754. The zero-order chi connectivity index (χ0) is 45.0. The number of amides is 1. The van der Waals surface area contributed by atoms with E-state index < -0.39 is 20.0 Å². The largest absolute Gasteiger partial charge is 0.472 e. The van der Waals surface area contributed by atoms with E-state index in [0.717, 1.165) is 38.5 Å². The van der Waals surface area contributed by atoms with Crippen molar-refractivity contribution >= 4 is 13.7 Å². The summed E-state index contributed by atoms with van der Waals surface area (Å²) >= 11 is 0. The van der Waals surface area contributed by atoms with Gasteiger partial charge in [0, 0.05) is 6.42 Å². The van der Waals surface area contributed by atoms with Crippen LogP contribution in [-0.4, -0.2) is 73.4 Å². The zero-order valence-corrected chi connectivity index (χ0v) is 42.6. The van der Waals surface area contributed by atoms with Crippen molar-refractivity contribution in [3.05, 3.63) is 0 Å². The molecule has 0 aliphatic heterocycles. The number of aliphatic hydroxyl groups excluding tert-OH is 1. The minimum Gasteiger partial charge on any atom is -0.391 e. The van der Waals surface area contributed by atoms with E-state index >= 15 is 0 Å². The number of nitrogens with one attached hydrogen (secondary N) is 1. The molecule has 0 radical (unpaired) electrons. The van der Waals surface area contributed by atoms with E-state index in [4.69, 9.17) is 9.05 Å². The number of aliphatic hydroxyl groups is 1. The van der Waals surface area contributed by atoms with E-state index in [1.54, 1.807) is 0 Å². The van der Waals surface area contributed by atoms with Gasteiger partial charge in [0.2, 0.25) is 5.91 Å². The minimum atomic E-state index is -4.31. The Morgan fingerprint density at radius 3 is 1.10 bits per heavy atom. The molecule has 0 aliphatic rings. The maximum absolute atomic E-state index is 13.0. The number of nitrogens with zero attached hydrogens (tertiary/aromatic N) is 1. The summed E-state index contributed by atoms with van der Waals surface area (Å²) in [6.45, 7) is 4.94. The summed E-state index contributed by atoms with van der Waals surface area (Å²) in [5.41, 5.74) is 0. The van der Waals surface area contributed by atoms with Gasteiger partial charge in [-0.2, -0.15) is 0 Å². The molecule has 3 atom stereocenters. The third kappa shape index (κ3) is 47.3. The number of hydrogen-bond donors (Lipinski definition) is 3. The lowest BCUT2D eigenvalue weighted by molar-refractivity contribution is -0.870. The van der Waals surface area contributed by atoms with E-state index in [0.29, 0.717) is 23.9 Å². The first-order valence-electron chi connectivity index (χ1n) is 26.9. The van der Waals surface area contributed by atoms with E-state index in [2.05, 4.69) is 19.2 Å². The number of carbonyl (C=O) groups is 1. The van der Waals surface area contributed by atoms with Gasteiger partial charge in [-0.05, 0) is 12.8 Å². The summed E-state index contributed by atoms with van der Waals surface area (Å²) in [7, 11) is 1.63. The molecule has 9 heteroatoms. The first-order chi connectivity index (χ1) is 29.5.